The number of amides is 1. The summed E-state index contributed by atoms with van der Waals surface area (Å²) in [4.78, 5) is 14.6. The lowest BCUT2D eigenvalue weighted by atomic mass is 9.98. The third kappa shape index (κ3) is 5.06. The molecule has 0 spiro atoms. The van der Waals surface area contributed by atoms with Crippen LogP contribution in [0.4, 0.5) is 11.5 Å². The van der Waals surface area contributed by atoms with Gasteiger partial charge in [-0.1, -0.05) is 35.3 Å². The van der Waals surface area contributed by atoms with Gasteiger partial charge in [0.2, 0.25) is 15.9 Å². The van der Waals surface area contributed by atoms with Crippen molar-refractivity contribution in [3.8, 4) is 17.6 Å². The van der Waals surface area contributed by atoms with Crippen LogP contribution in [-0.4, -0.2) is 37.3 Å². The molecule has 2 N–H and O–H groups in total. The highest BCUT2D eigenvalue weighted by atomic mass is 35.5. The number of sulfonamides is 1. The van der Waals surface area contributed by atoms with Crippen LogP contribution in [0.15, 0.2) is 54.6 Å². The Bertz CT molecular complexity index is 1700. The molecule has 4 aromatic rings. The average molecular weight is 556 g/mol. The van der Waals surface area contributed by atoms with E-state index < -0.39 is 10.0 Å². The van der Waals surface area contributed by atoms with E-state index in [1.807, 2.05) is 6.07 Å². The molecule has 2 heterocycles. The van der Waals surface area contributed by atoms with Crippen molar-refractivity contribution in [1.29, 1.82) is 5.26 Å². The van der Waals surface area contributed by atoms with Gasteiger partial charge in [-0.3, -0.25) is 14.6 Å². The van der Waals surface area contributed by atoms with Crippen molar-refractivity contribution in [2.75, 3.05) is 22.4 Å². The summed E-state index contributed by atoms with van der Waals surface area (Å²) in [5, 5.41) is 17.4. The molecular weight excluding hydrogens is 537 g/mol. The molecule has 3 aromatic carbocycles. The number of hydrogen-bond acceptors (Lipinski definition) is 6. The van der Waals surface area contributed by atoms with Crippen LogP contribution < -0.4 is 14.4 Å². The Morgan fingerprint density at radius 1 is 1.16 bits per heavy atom. The Morgan fingerprint density at radius 2 is 1.97 bits per heavy atom. The van der Waals surface area contributed by atoms with Gasteiger partial charge in [0.1, 0.15) is 11.8 Å². The summed E-state index contributed by atoms with van der Waals surface area (Å²) < 4.78 is 31.5. The van der Waals surface area contributed by atoms with Gasteiger partial charge in [0.15, 0.2) is 11.6 Å². The molecule has 1 amide bonds. The fourth-order valence-electron chi connectivity index (χ4n) is 4.27. The quantitative estimate of drug-likeness (QED) is 0.326. The monoisotopic (exact) mass is 555 g/mol. The smallest absolute Gasteiger partial charge is 0.231 e. The van der Waals surface area contributed by atoms with Crippen LogP contribution in [0.5, 0.6) is 11.5 Å². The van der Waals surface area contributed by atoms with Gasteiger partial charge in [-0.15, -0.1) is 0 Å². The summed E-state index contributed by atoms with van der Waals surface area (Å²) in [6, 6.07) is 17.5. The summed E-state index contributed by atoms with van der Waals surface area (Å²) >= 11 is 12.6. The van der Waals surface area contributed by atoms with Crippen molar-refractivity contribution in [2.45, 2.75) is 12.3 Å². The van der Waals surface area contributed by atoms with E-state index in [1.54, 1.807) is 53.4 Å². The predicted octanol–water partition coefficient (Wildman–Crippen LogP) is 5.43. The summed E-state index contributed by atoms with van der Waals surface area (Å²) in [5.41, 5.74) is 2.38. The fraction of sp³-hybridized carbons (Fsp3) is 0.160. The molecule has 1 saturated heterocycles. The van der Waals surface area contributed by atoms with Crippen molar-refractivity contribution in [1.82, 2.24) is 10.2 Å². The first-order valence-electron chi connectivity index (χ1n) is 11.0. The molecule has 1 aromatic heterocycles. The number of halogens is 2. The molecule has 5 rings (SSSR count). The summed E-state index contributed by atoms with van der Waals surface area (Å²) in [5.74, 6) is 0.552. The minimum atomic E-state index is -3.48. The topological polar surface area (TPSA) is 128 Å². The molecule has 0 bridgehead atoms. The van der Waals surface area contributed by atoms with E-state index >= 15 is 0 Å². The highest BCUT2D eigenvalue weighted by molar-refractivity contribution is 7.92. The lowest BCUT2D eigenvalue weighted by Gasteiger charge is -2.18. The number of H-pyrrole nitrogens is 1. The van der Waals surface area contributed by atoms with Gasteiger partial charge < -0.3 is 9.64 Å². The van der Waals surface area contributed by atoms with Gasteiger partial charge in [0.05, 0.1) is 27.4 Å². The van der Waals surface area contributed by atoms with Crippen molar-refractivity contribution in [2.24, 2.45) is 0 Å². The second-order valence-electron chi connectivity index (χ2n) is 8.60. The maximum atomic E-state index is 13.0. The number of aromatic nitrogens is 2. The van der Waals surface area contributed by atoms with Crippen molar-refractivity contribution in [3.63, 3.8) is 0 Å². The summed E-state index contributed by atoms with van der Waals surface area (Å²) in [6.45, 7) is 0.420. The molecule has 1 atom stereocenters. The predicted molar refractivity (Wildman–Crippen MR) is 142 cm³/mol. The molecule has 188 valence electrons. The standard InChI is InChI=1S/C25H19Cl2N5O4S/c1-37(34,35)31-25-18-7-6-17(11-21(18)29-30-25)32-13-16(10-23(32)33)14-5-8-19(26)22(9-14)36-24-15(12-28)3-2-4-20(24)27/h2-9,11,16H,10,13H2,1H3,(H2,29,30,31)/t16-/m0/s1. The third-order valence-electron chi connectivity index (χ3n) is 5.99. The summed E-state index contributed by atoms with van der Waals surface area (Å²) in [6.07, 6.45) is 1.33. The largest absolute Gasteiger partial charge is 0.453 e. The second kappa shape index (κ2) is 9.59. The molecule has 0 saturated carbocycles. The Kier molecular flexibility index (Phi) is 6.45. The van der Waals surface area contributed by atoms with Crippen LogP contribution in [0.3, 0.4) is 0 Å². The molecular formula is C25H19Cl2N5O4S. The van der Waals surface area contributed by atoms with E-state index in [1.165, 1.54) is 0 Å². The number of aromatic amines is 1. The van der Waals surface area contributed by atoms with Crippen LogP contribution in [-0.2, 0) is 14.8 Å². The lowest BCUT2D eigenvalue weighted by molar-refractivity contribution is -0.117. The maximum Gasteiger partial charge on any atom is 0.231 e. The molecule has 9 nitrogen and oxygen atoms in total. The molecule has 0 aliphatic carbocycles. The minimum absolute atomic E-state index is 0.0614. The van der Waals surface area contributed by atoms with Crippen LogP contribution >= 0.6 is 23.2 Å². The van der Waals surface area contributed by atoms with Crippen molar-refractivity contribution >= 4 is 61.5 Å². The first kappa shape index (κ1) is 24.9. The number of para-hydroxylation sites is 1. The minimum Gasteiger partial charge on any atom is -0.453 e. The molecule has 1 aliphatic rings. The number of hydrogen-bond donors (Lipinski definition) is 2. The molecule has 1 fully saturated rings. The summed E-state index contributed by atoms with van der Waals surface area (Å²) in [7, 11) is -3.48. The van der Waals surface area contributed by atoms with Gasteiger partial charge in [-0.25, -0.2) is 8.42 Å². The van der Waals surface area contributed by atoms with Crippen LogP contribution in [0.2, 0.25) is 10.0 Å². The highest BCUT2D eigenvalue weighted by Gasteiger charge is 2.32. The second-order valence-corrected chi connectivity index (χ2v) is 11.2. The number of fused-ring (bicyclic) bond motifs is 1. The van der Waals surface area contributed by atoms with E-state index in [0.29, 0.717) is 33.9 Å². The maximum absolute atomic E-state index is 13.0. The molecule has 12 heteroatoms. The fourth-order valence-corrected chi connectivity index (χ4v) is 5.15. The zero-order valence-corrected chi connectivity index (χ0v) is 21.7. The SMILES string of the molecule is CS(=O)(=O)Nc1n[nH]c2cc(N3C[C@@H](c4ccc(Cl)c(Oc5c(Cl)cccc5C#N)c4)CC3=O)ccc12. The van der Waals surface area contributed by atoms with Gasteiger partial charge in [-0.05, 0) is 48.0 Å². The number of carbonyl (C=O) groups excluding carboxylic acids is 1. The number of carbonyl (C=O) groups is 1. The normalized spacial score (nSPS) is 15.7. The Hall–Kier alpha value is -3.78. The van der Waals surface area contributed by atoms with Crippen LogP contribution in [0.25, 0.3) is 10.9 Å². The van der Waals surface area contributed by atoms with E-state index in [4.69, 9.17) is 27.9 Å². The zero-order chi connectivity index (χ0) is 26.3. The van der Waals surface area contributed by atoms with Gasteiger partial charge in [0, 0.05) is 30.0 Å². The number of nitriles is 1. The molecule has 0 radical (unpaired) electrons. The number of nitrogens with one attached hydrogen (secondary N) is 2. The number of anilines is 2. The van der Waals surface area contributed by atoms with Gasteiger partial charge >= 0.3 is 0 Å². The molecule has 37 heavy (non-hydrogen) atoms. The Labute approximate surface area is 222 Å². The van der Waals surface area contributed by atoms with E-state index in [2.05, 4.69) is 21.0 Å². The highest BCUT2D eigenvalue weighted by Crippen LogP contribution is 2.40. The lowest BCUT2D eigenvalue weighted by Crippen LogP contribution is -2.24. The first-order chi connectivity index (χ1) is 17.6. The Balaban J connectivity index is 1.39. The number of rotatable bonds is 6. The van der Waals surface area contributed by atoms with Crippen molar-refractivity contribution < 1.29 is 17.9 Å². The molecule has 1 aliphatic heterocycles. The van der Waals surface area contributed by atoms with Crippen molar-refractivity contribution in [3.05, 3.63) is 75.8 Å². The van der Waals surface area contributed by atoms with E-state index in [-0.39, 0.29) is 40.4 Å². The third-order valence-corrected chi connectivity index (χ3v) is 7.17. The molecule has 0 unspecified atom stereocenters. The van der Waals surface area contributed by atoms with E-state index in [0.717, 1.165) is 11.8 Å². The number of benzene rings is 3. The van der Waals surface area contributed by atoms with E-state index in [9.17, 15) is 18.5 Å². The van der Waals surface area contributed by atoms with Crippen LogP contribution in [0, 0.1) is 11.3 Å². The van der Waals surface area contributed by atoms with Gasteiger partial charge in [0.25, 0.3) is 0 Å². The first-order valence-corrected chi connectivity index (χ1v) is 13.7. The number of nitrogens with zero attached hydrogens (tertiary/aromatic N) is 3. The zero-order valence-electron chi connectivity index (χ0n) is 19.3. The van der Waals surface area contributed by atoms with Gasteiger partial charge in [-0.2, -0.15) is 10.4 Å². The number of ether oxygens (including phenoxy) is 1. The van der Waals surface area contributed by atoms with Crippen LogP contribution in [0.1, 0.15) is 23.5 Å². The Morgan fingerprint density at radius 3 is 2.73 bits per heavy atom. The average Bonchev–Trinajstić information content (AvgIpc) is 3.43.